The molecular formula is C20H26O2Si. The molecule has 0 spiro atoms. The number of hydrogen-bond donors (Lipinski definition) is 0. The lowest BCUT2D eigenvalue weighted by molar-refractivity contribution is 0.0628. The summed E-state index contributed by atoms with van der Waals surface area (Å²) in [6.45, 7) is 0. The molecule has 0 amide bonds. The molecule has 4 aliphatic rings. The minimum absolute atomic E-state index is 0.205. The first-order valence-electron chi connectivity index (χ1n) is 9.09. The molecular weight excluding hydrogens is 300 g/mol. The van der Waals surface area contributed by atoms with E-state index in [-0.39, 0.29) is 15.6 Å². The Labute approximate surface area is 141 Å². The van der Waals surface area contributed by atoms with Gasteiger partial charge < -0.3 is 9.47 Å². The van der Waals surface area contributed by atoms with Crippen LogP contribution in [-0.2, 0) is 9.47 Å². The highest BCUT2D eigenvalue weighted by Gasteiger charge is 2.34. The number of fused-ring (bicyclic) bond motifs is 2. The standard InChI is InChI=1S/C20H26O2Si/c1-3-7-17-15(5-1)9-11-19(17)21-13-23-14-22-20-12-10-16-6-2-4-8-18(16)20/h1,3,5-8,10,12,15,17,19-20H,2,4,9,11,13-14,23H2. The van der Waals surface area contributed by atoms with E-state index in [9.17, 15) is 0 Å². The molecule has 0 N–H and O–H groups in total. The molecule has 0 aliphatic heterocycles. The minimum atomic E-state index is -0.294. The fourth-order valence-corrected chi connectivity index (χ4v) is 5.21. The second-order valence-corrected chi connectivity index (χ2v) is 8.42. The molecule has 0 saturated heterocycles. The van der Waals surface area contributed by atoms with Gasteiger partial charge in [0, 0.05) is 18.4 Å². The van der Waals surface area contributed by atoms with Crippen LogP contribution in [0.4, 0.5) is 0 Å². The van der Waals surface area contributed by atoms with Crippen LogP contribution in [0.5, 0.6) is 0 Å². The van der Waals surface area contributed by atoms with Gasteiger partial charge in [-0.1, -0.05) is 48.6 Å². The summed E-state index contributed by atoms with van der Waals surface area (Å²) in [5.74, 6) is 1.34. The Bertz CT molecular complexity index is 584. The van der Waals surface area contributed by atoms with Crippen LogP contribution < -0.4 is 0 Å². The molecule has 0 aromatic rings. The molecule has 4 unspecified atom stereocenters. The monoisotopic (exact) mass is 326 g/mol. The van der Waals surface area contributed by atoms with E-state index >= 15 is 0 Å². The molecule has 0 bridgehead atoms. The average Bonchev–Trinajstić information content (AvgIpc) is 3.19. The molecule has 0 aromatic carbocycles. The largest absolute Gasteiger partial charge is 0.381 e. The maximum Gasteiger partial charge on any atom is 0.101 e. The van der Waals surface area contributed by atoms with Crippen LogP contribution in [-0.4, -0.2) is 34.2 Å². The van der Waals surface area contributed by atoms with E-state index in [0.717, 1.165) is 24.8 Å². The normalized spacial score (nSPS) is 34.8. The highest BCUT2D eigenvalue weighted by Crippen LogP contribution is 2.37. The van der Waals surface area contributed by atoms with Crippen LogP contribution in [0, 0.1) is 11.8 Å². The molecule has 1 saturated carbocycles. The Morgan fingerprint density at radius 1 is 0.957 bits per heavy atom. The van der Waals surface area contributed by atoms with Gasteiger partial charge in [0.25, 0.3) is 0 Å². The Hall–Kier alpha value is -1.16. The number of hydrogen-bond acceptors (Lipinski definition) is 2. The summed E-state index contributed by atoms with van der Waals surface area (Å²) in [6.07, 6.45) is 25.5. The first-order chi connectivity index (χ1) is 11.4. The van der Waals surface area contributed by atoms with Gasteiger partial charge in [-0.15, -0.1) is 0 Å². The van der Waals surface area contributed by atoms with Crippen molar-refractivity contribution >= 4 is 9.52 Å². The van der Waals surface area contributed by atoms with Gasteiger partial charge in [0.15, 0.2) is 0 Å². The zero-order valence-electron chi connectivity index (χ0n) is 13.7. The van der Waals surface area contributed by atoms with Crippen molar-refractivity contribution in [3.63, 3.8) is 0 Å². The van der Waals surface area contributed by atoms with Crippen LogP contribution in [0.15, 0.2) is 59.8 Å². The van der Waals surface area contributed by atoms with Gasteiger partial charge in [-0.3, -0.25) is 0 Å². The predicted molar refractivity (Wildman–Crippen MR) is 97.1 cm³/mol. The van der Waals surface area contributed by atoms with Crippen molar-refractivity contribution in [3.05, 3.63) is 59.8 Å². The summed E-state index contributed by atoms with van der Waals surface area (Å²) in [7, 11) is -0.294. The van der Waals surface area contributed by atoms with Gasteiger partial charge >= 0.3 is 0 Å². The topological polar surface area (TPSA) is 18.5 Å². The van der Waals surface area contributed by atoms with Gasteiger partial charge in [0.1, 0.15) is 6.10 Å². The molecule has 1 fully saturated rings. The lowest BCUT2D eigenvalue weighted by Crippen LogP contribution is -2.25. The highest BCUT2D eigenvalue weighted by molar-refractivity contribution is 6.35. The van der Waals surface area contributed by atoms with Crippen molar-refractivity contribution < 1.29 is 9.47 Å². The molecule has 4 atom stereocenters. The lowest BCUT2D eigenvalue weighted by atomic mass is 9.91. The summed E-state index contributed by atoms with van der Waals surface area (Å²) in [6, 6.07) is 0. The van der Waals surface area contributed by atoms with Crippen molar-refractivity contribution in [2.24, 2.45) is 11.8 Å². The Balaban J connectivity index is 1.17. The first-order valence-corrected chi connectivity index (χ1v) is 11.1. The quantitative estimate of drug-likeness (QED) is 0.551. The minimum Gasteiger partial charge on any atom is -0.381 e. The van der Waals surface area contributed by atoms with E-state index in [4.69, 9.17) is 9.47 Å². The molecule has 2 nitrogen and oxygen atoms in total. The third-order valence-electron chi connectivity index (χ3n) is 5.41. The van der Waals surface area contributed by atoms with Crippen LogP contribution >= 0.6 is 0 Å². The summed E-state index contributed by atoms with van der Waals surface area (Å²) in [5.41, 5.74) is 2.78. The maximum atomic E-state index is 6.20. The zero-order chi connectivity index (χ0) is 15.5. The maximum absolute atomic E-state index is 6.20. The van der Waals surface area contributed by atoms with Crippen molar-refractivity contribution in [1.82, 2.24) is 0 Å². The van der Waals surface area contributed by atoms with Crippen LogP contribution in [0.1, 0.15) is 25.7 Å². The predicted octanol–water partition coefficient (Wildman–Crippen LogP) is 3.21. The fraction of sp³-hybridized carbons (Fsp3) is 0.500. The van der Waals surface area contributed by atoms with E-state index < -0.39 is 0 Å². The van der Waals surface area contributed by atoms with Gasteiger partial charge in [-0.05, 0) is 42.7 Å². The summed E-state index contributed by atoms with van der Waals surface area (Å²) < 4.78 is 12.3. The number of allylic oxidation sites excluding steroid dienone is 6. The number of rotatable bonds is 6. The third-order valence-corrected chi connectivity index (χ3v) is 6.46. The van der Waals surface area contributed by atoms with E-state index in [1.54, 1.807) is 0 Å². The van der Waals surface area contributed by atoms with E-state index in [0.29, 0.717) is 12.0 Å². The molecule has 0 aromatic heterocycles. The first kappa shape index (κ1) is 15.4. The van der Waals surface area contributed by atoms with Crippen LogP contribution in [0.3, 0.4) is 0 Å². The molecule has 23 heavy (non-hydrogen) atoms. The van der Waals surface area contributed by atoms with E-state index in [2.05, 4.69) is 48.6 Å². The Morgan fingerprint density at radius 2 is 1.83 bits per heavy atom. The molecule has 122 valence electrons. The smallest absolute Gasteiger partial charge is 0.101 e. The molecule has 4 rings (SSSR count). The van der Waals surface area contributed by atoms with Gasteiger partial charge in [-0.25, -0.2) is 0 Å². The van der Waals surface area contributed by atoms with Gasteiger partial charge in [-0.2, -0.15) is 0 Å². The second kappa shape index (κ2) is 7.16. The van der Waals surface area contributed by atoms with Gasteiger partial charge in [0.2, 0.25) is 0 Å². The average molecular weight is 327 g/mol. The number of ether oxygens (including phenoxy) is 2. The van der Waals surface area contributed by atoms with E-state index in [1.165, 1.54) is 30.4 Å². The molecule has 3 heteroatoms. The van der Waals surface area contributed by atoms with Crippen molar-refractivity contribution in [1.29, 1.82) is 0 Å². The lowest BCUT2D eigenvalue weighted by Gasteiger charge is -2.22. The Morgan fingerprint density at radius 3 is 2.83 bits per heavy atom. The van der Waals surface area contributed by atoms with Crippen LogP contribution in [0.2, 0.25) is 0 Å². The highest BCUT2D eigenvalue weighted by atomic mass is 28.2. The summed E-state index contributed by atoms with van der Waals surface area (Å²) in [5, 5.41) is 0. The van der Waals surface area contributed by atoms with Gasteiger partial charge in [0.05, 0.1) is 15.6 Å². The second-order valence-electron chi connectivity index (χ2n) is 6.90. The van der Waals surface area contributed by atoms with E-state index in [1.807, 2.05) is 0 Å². The van der Waals surface area contributed by atoms with Crippen LogP contribution in [0.25, 0.3) is 0 Å². The fourth-order valence-electron chi connectivity index (χ4n) is 4.20. The molecule has 4 aliphatic carbocycles. The molecule has 0 heterocycles. The summed E-state index contributed by atoms with van der Waals surface area (Å²) >= 11 is 0. The third kappa shape index (κ3) is 3.37. The summed E-state index contributed by atoms with van der Waals surface area (Å²) in [4.78, 5) is 0. The zero-order valence-corrected chi connectivity index (χ0v) is 15.1. The van der Waals surface area contributed by atoms with Crippen molar-refractivity contribution in [2.45, 2.75) is 37.9 Å². The SMILES string of the molecule is C1=CC2CCC(OC[SiH2]COC3C=CC4=CCCC=C43)C2C=C1. The van der Waals surface area contributed by atoms with Crippen molar-refractivity contribution in [2.75, 3.05) is 12.5 Å². The van der Waals surface area contributed by atoms with Crippen molar-refractivity contribution in [3.8, 4) is 0 Å². The molecule has 0 radical (unpaired) electrons. The Kier molecular flexibility index (Phi) is 4.79.